The summed E-state index contributed by atoms with van der Waals surface area (Å²) in [5.74, 6) is 0.949. The molecule has 1 heterocycles. The van der Waals surface area contributed by atoms with Gasteiger partial charge in [-0.15, -0.1) is 0 Å². The van der Waals surface area contributed by atoms with Gasteiger partial charge in [-0.2, -0.15) is 0 Å². The van der Waals surface area contributed by atoms with Crippen LogP contribution in [0.2, 0.25) is 5.02 Å². The van der Waals surface area contributed by atoms with Crippen LogP contribution in [0.1, 0.15) is 31.4 Å². The molecule has 1 aromatic rings. The second kappa shape index (κ2) is 4.90. The van der Waals surface area contributed by atoms with Crippen LogP contribution in [0.4, 0.5) is 0 Å². The van der Waals surface area contributed by atoms with Crippen molar-refractivity contribution in [2.45, 2.75) is 38.6 Å². The first-order valence-corrected chi connectivity index (χ1v) is 6.48. The monoisotopic (exact) mass is 267 g/mol. The Labute approximate surface area is 112 Å². The van der Waals surface area contributed by atoms with Crippen LogP contribution in [0.15, 0.2) is 12.1 Å². The number of fused-ring (bicyclic) bond motifs is 1. The molecule has 0 radical (unpaired) electrons. The average Bonchev–Trinajstić information content (AvgIpc) is 2.61. The third kappa shape index (κ3) is 3.24. The first kappa shape index (κ1) is 13.4. The predicted octanol–water partition coefficient (Wildman–Crippen LogP) is 2.51. The lowest BCUT2D eigenvalue weighted by atomic mass is 9.94. The summed E-state index contributed by atoms with van der Waals surface area (Å²) >= 11 is 6.05. The van der Waals surface area contributed by atoms with Crippen molar-refractivity contribution in [2.75, 3.05) is 6.61 Å². The predicted molar refractivity (Wildman–Crippen MR) is 72.2 cm³/mol. The number of rotatable bonds is 4. The lowest BCUT2D eigenvalue weighted by molar-refractivity contribution is -0.119. The Bertz CT molecular complexity index is 477. The molecule has 0 aromatic heterocycles. The van der Waals surface area contributed by atoms with Crippen molar-refractivity contribution < 1.29 is 9.53 Å². The summed E-state index contributed by atoms with van der Waals surface area (Å²) in [5.41, 5.74) is 7.36. The van der Waals surface area contributed by atoms with E-state index in [1.165, 1.54) is 0 Å². The standard InChI is InChI=1S/C14H18ClNO2/c1-14(2,16)8-12(17)7-10-6-11(15)5-9-3-4-18-13(9)10/h5-6H,3-4,7-8,16H2,1-2H3. The zero-order chi connectivity index (χ0) is 13.3. The van der Waals surface area contributed by atoms with Gasteiger partial charge in [-0.1, -0.05) is 11.6 Å². The molecule has 0 saturated carbocycles. The van der Waals surface area contributed by atoms with Gasteiger partial charge in [0.1, 0.15) is 11.5 Å². The third-order valence-electron chi connectivity index (χ3n) is 2.87. The molecule has 0 aliphatic carbocycles. The van der Waals surface area contributed by atoms with Gasteiger partial charge < -0.3 is 10.5 Å². The Hall–Kier alpha value is -1.06. The number of hydrogen-bond donors (Lipinski definition) is 1. The van der Waals surface area contributed by atoms with Gasteiger partial charge in [-0.05, 0) is 31.5 Å². The molecule has 1 aromatic carbocycles. The van der Waals surface area contributed by atoms with Gasteiger partial charge >= 0.3 is 0 Å². The van der Waals surface area contributed by atoms with Crippen molar-refractivity contribution in [2.24, 2.45) is 5.73 Å². The van der Waals surface area contributed by atoms with E-state index in [0.717, 1.165) is 23.3 Å². The molecule has 0 amide bonds. The van der Waals surface area contributed by atoms with E-state index in [4.69, 9.17) is 22.1 Å². The summed E-state index contributed by atoms with van der Waals surface area (Å²) in [6.45, 7) is 4.37. The number of ketones is 1. The zero-order valence-electron chi connectivity index (χ0n) is 10.8. The van der Waals surface area contributed by atoms with Crippen molar-refractivity contribution in [1.29, 1.82) is 0 Å². The number of nitrogens with two attached hydrogens (primary N) is 1. The van der Waals surface area contributed by atoms with E-state index in [9.17, 15) is 4.79 Å². The number of hydrogen-bond acceptors (Lipinski definition) is 3. The molecule has 0 fully saturated rings. The molecule has 18 heavy (non-hydrogen) atoms. The van der Waals surface area contributed by atoms with Gasteiger partial charge in [-0.3, -0.25) is 4.79 Å². The van der Waals surface area contributed by atoms with Crippen LogP contribution in [0.5, 0.6) is 5.75 Å². The van der Waals surface area contributed by atoms with E-state index in [1.807, 2.05) is 26.0 Å². The molecule has 1 aliphatic heterocycles. The number of Topliss-reactive ketones (excluding diaryl/α,β-unsaturated/α-hetero) is 1. The SMILES string of the molecule is CC(C)(N)CC(=O)Cc1cc(Cl)cc2c1OCC2. The maximum absolute atomic E-state index is 12.0. The second-order valence-corrected chi connectivity index (χ2v) is 5.97. The minimum absolute atomic E-state index is 0.113. The molecule has 98 valence electrons. The lowest BCUT2D eigenvalue weighted by Gasteiger charge is -2.17. The minimum Gasteiger partial charge on any atom is -0.493 e. The van der Waals surface area contributed by atoms with Gasteiger partial charge in [0.25, 0.3) is 0 Å². The van der Waals surface area contributed by atoms with Crippen LogP contribution in [0, 0.1) is 0 Å². The van der Waals surface area contributed by atoms with Crippen LogP contribution in [0.25, 0.3) is 0 Å². The molecule has 2 N–H and O–H groups in total. The summed E-state index contributed by atoms with van der Waals surface area (Å²) in [5, 5.41) is 0.661. The van der Waals surface area contributed by atoms with E-state index in [1.54, 1.807) is 0 Å². The molecular formula is C14H18ClNO2. The first-order valence-electron chi connectivity index (χ1n) is 6.10. The van der Waals surface area contributed by atoms with E-state index < -0.39 is 5.54 Å². The number of carbonyl (C=O) groups excluding carboxylic acids is 1. The molecule has 2 rings (SSSR count). The second-order valence-electron chi connectivity index (χ2n) is 5.53. The van der Waals surface area contributed by atoms with Crippen LogP contribution >= 0.6 is 11.6 Å². The fourth-order valence-electron chi connectivity index (χ4n) is 2.26. The summed E-state index contributed by atoms with van der Waals surface area (Å²) in [7, 11) is 0. The molecule has 4 heteroatoms. The van der Waals surface area contributed by atoms with Gasteiger partial charge in [0.15, 0.2) is 0 Å². The Morgan fingerprint density at radius 2 is 2.22 bits per heavy atom. The Morgan fingerprint density at radius 3 is 2.89 bits per heavy atom. The maximum atomic E-state index is 12.0. The minimum atomic E-state index is -0.473. The molecular weight excluding hydrogens is 250 g/mol. The molecule has 0 spiro atoms. The van der Waals surface area contributed by atoms with Gasteiger partial charge in [0.2, 0.25) is 0 Å². The Morgan fingerprint density at radius 1 is 1.50 bits per heavy atom. The van der Waals surface area contributed by atoms with Crippen molar-refractivity contribution >= 4 is 17.4 Å². The highest BCUT2D eigenvalue weighted by Crippen LogP contribution is 2.33. The summed E-state index contributed by atoms with van der Waals surface area (Å²) < 4.78 is 5.57. The van der Waals surface area contributed by atoms with Crippen LogP contribution in [-0.2, 0) is 17.6 Å². The van der Waals surface area contributed by atoms with E-state index in [2.05, 4.69) is 0 Å². The van der Waals surface area contributed by atoms with Crippen LogP contribution in [0.3, 0.4) is 0 Å². The quantitative estimate of drug-likeness (QED) is 0.912. The maximum Gasteiger partial charge on any atom is 0.139 e. The van der Waals surface area contributed by atoms with Crippen molar-refractivity contribution in [3.8, 4) is 5.75 Å². The fraction of sp³-hybridized carbons (Fsp3) is 0.500. The number of carbonyl (C=O) groups is 1. The van der Waals surface area contributed by atoms with Crippen molar-refractivity contribution in [1.82, 2.24) is 0 Å². The molecule has 0 saturated heterocycles. The topological polar surface area (TPSA) is 52.3 Å². The molecule has 0 atom stereocenters. The molecule has 1 aliphatic rings. The first-order chi connectivity index (χ1) is 8.35. The van der Waals surface area contributed by atoms with Crippen molar-refractivity contribution in [3.63, 3.8) is 0 Å². The van der Waals surface area contributed by atoms with Gasteiger partial charge in [0, 0.05) is 35.4 Å². The van der Waals surface area contributed by atoms with Crippen LogP contribution < -0.4 is 10.5 Å². The van der Waals surface area contributed by atoms with Gasteiger partial charge in [0.05, 0.1) is 6.61 Å². The summed E-state index contributed by atoms with van der Waals surface area (Å²) in [4.78, 5) is 12.0. The van der Waals surface area contributed by atoms with Crippen molar-refractivity contribution in [3.05, 3.63) is 28.3 Å². The Kier molecular flexibility index (Phi) is 3.64. The summed E-state index contributed by atoms with van der Waals surface area (Å²) in [6.07, 6.45) is 1.55. The number of ether oxygens (including phenoxy) is 1. The fourth-order valence-corrected chi connectivity index (χ4v) is 2.52. The van der Waals surface area contributed by atoms with Gasteiger partial charge in [-0.25, -0.2) is 0 Å². The third-order valence-corrected chi connectivity index (χ3v) is 3.08. The highest BCUT2D eigenvalue weighted by Gasteiger charge is 2.22. The smallest absolute Gasteiger partial charge is 0.139 e. The number of benzene rings is 1. The highest BCUT2D eigenvalue weighted by molar-refractivity contribution is 6.30. The summed E-state index contributed by atoms with van der Waals surface area (Å²) in [6, 6.07) is 3.72. The molecule has 3 nitrogen and oxygen atoms in total. The lowest BCUT2D eigenvalue weighted by Crippen LogP contribution is -2.35. The van der Waals surface area contributed by atoms with Crippen LogP contribution in [-0.4, -0.2) is 17.9 Å². The normalized spacial score (nSPS) is 14.2. The molecule has 0 unspecified atom stereocenters. The van der Waals surface area contributed by atoms with E-state index in [-0.39, 0.29) is 5.78 Å². The molecule has 0 bridgehead atoms. The number of halogens is 1. The highest BCUT2D eigenvalue weighted by atomic mass is 35.5. The average molecular weight is 268 g/mol. The largest absolute Gasteiger partial charge is 0.493 e. The zero-order valence-corrected chi connectivity index (χ0v) is 11.5. The Balaban J connectivity index is 2.17. The van der Waals surface area contributed by atoms with E-state index in [0.29, 0.717) is 24.5 Å². The van der Waals surface area contributed by atoms with E-state index >= 15 is 0 Å².